The van der Waals surface area contributed by atoms with Crippen molar-refractivity contribution in [1.29, 1.82) is 0 Å². The van der Waals surface area contributed by atoms with Gasteiger partial charge in [0.1, 0.15) is 6.04 Å². The van der Waals surface area contributed by atoms with Gasteiger partial charge in [0.15, 0.2) is 0 Å². The summed E-state index contributed by atoms with van der Waals surface area (Å²) in [6.45, 7) is 4.82. The second kappa shape index (κ2) is 12.6. The maximum atomic E-state index is 13.7. The summed E-state index contributed by atoms with van der Waals surface area (Å²) in [6, 6.07) is 23.7. The first-order valence-corrected chi connectivity index (χ1v) is 12.2. The van der Waals surface area contributed by atoms with Crippen LogP contribution in [0.5, 0.6) is 0 Å². The normalized spacial score (nSPS) is 11.8. The molecular formula is C28H30Cl2N2O2. The number of halogens is 2. The monoisotopic (exact) mass is 496 g/mol. The fourth-order valence-electron chi connectivity index (χ4n) is 3.69. The molecule has 6 heteroatoms. The van der Waals surface area contributed by atoms with Gasteiger partial charge < -0.3 is 10.2 Å². The predicted molar refractivity (Wildman–Crippen MR) is 139 cm³/mol. The van der Waals surface area contributed by atoms with E-state index in [0.717, 1.165) is 16.7 Å². The van der Waals surface area contributed by atoms with Gasteiger partial charge in [-0.15, -0.1) is 0 Å². The molecule has 34 heavy (non-hydrogen) atoms. The van der Waals surface area contributed by atoms with E-state index in [-0.39, 0.29) is 30.7 Å². The van der Waals surface area contributed by atoms with E-state index >= 15 is 0 Å². The van der Waals surface area contributed by atoms with Crippen molar-refractivity contribution in [2.75, 3.05) is 6.54 Å². The Kier molecular flexibility index (Phi) is 9.55. The van der Waals surface area contributed by atoms with Crippen LogP contribution in [-0.2, 0) is 29.0 Å². The van der Waals surface area contributed by atoms with Crippen LogP contribution in [0.15, 0.2) is 78.9 Å². The molecule has 4 nitrogen and oxygen atoms in total. The Bertz CT molecular complexity index is 1100. The van der Waals surface area contributed by atoms with Crippen LogP contribution in [0, 0.1) is 5.92 Å². The third-order valence-electron chi connectivity index (χ3n) is 5.55. The van der Waals surface area contributed by atoms with Crippen molar-refractivity contribution in [3.63, 3.8) is 0 Å². The van der Waals surface area contributed by atoms with Crippen LogP contribution in [0.25, 0.3) is 0 Å². The van der Waals surface area contributed by atoms with Crippen molar-refractivity contribution in [2.45, 2.75) is 39.3 Å². The Labute approximate surface area is 211 Å². The first-order valence-electron chi connectivity index (χ1n) is 11.4. The van der Waals surface area contributed by atoms with E-state index in [2.05, 4.69) is 5.32 Å². The summed E-state index contributed by atoms with van der Waals surface area (Å²) in [5, 5.41) is 4.10. The zero-order valence-electron chi connectivity index (χ0n) is 19.5. The average molecular weight is 497 g/mol. The van der Waals surface area contributed by atoms with Gasteiger partial charge in [-0.1, -0.05) is 104 Å². The molecule has 0 saturated heterocycles. The molecule has 1 atom stereocenters. The van der Waals surface area contributed by atoms with Crippen LogP contribution in [-0.4, -0.2) is 29.3 Å². The standard InChI is InChI=1S/C28H30Cl2N2O2/c1-20(2)18-31-28(34)26(16-21-10-4-3-5-11-21)32(19-23-13-7-9-15-25(23)30)27(33)17-22-12-6-8-14-24(22)29/h3-15,20,26H,16-19H2,1-2H3,(H,31,34). The van der Waals surface area contributed by atoms with Crippen LogP contribution in [0.4, 0.5) is 0 Å². The molecule has 3 aromatic rings. The number of hydrogen-bond donors (Lipinski definition) is 1. The Morgan fingerprint density at radius 3 is 1.97 bits per heavy atom. The fraction of sp³-hybridized carbons (Fsp3) is 0.286. The molecule has 0 aliphatic rings. The lowest BCUT2D eigenvalue weighted by molar-refractivity contribution is -0.140. The van der Waals surface area contributed by atoms with Gasteiger partial charge in [0, 0.05) is 29.6 Å². The molecule has 0 aliphatic heterocycles. The topological polar surface area (TPSA) is 49.4 Å². The first-order chi connectivity index (χ1) is 16.3. The number of carbonyl (C=O) groups excluding carboxylic acids is 2. The summed E-state index contributed by atoms with van der Waals surface area (Å²) < 4.78 is 0. The van der Waals surface area contributed by atoms with Crippen LogP contribution in [0.1, 0.15) is 30.5 Å². The van der Waals surface area contributed by atoms with Crippen molar-refractivity contribution < 1.29 is 9.59 Å². The van der Waals surface area contributed by atoms with Gasteiger partial charge in [-0.3, -0.25) is 9.59 Å². The lowest BCUT2D eigenvalue weighted by Gasteiger charge is -2.32. The number of hydrogen-bond acceptors (Lipinski definition) is 2. The van der Waals surface area contributed by atoms with E-state index in [9.17, 15) is 9.59 Å². The minimum Gasteiger partial charge on any atom is -0.354 e. The lowest BCUT2D eigenvalue weighted by Crippen LogP contribution is -2.51. The summed E-state index contributed by atoms with van der Waals surface area (Å²) in [6.07, 6.45) is 0.482. The summed E-state index contributed by atoms with van der Waals surface area (Å²) in [4.78, 5) is 28.8. The summed E-state index contributed by atoms with van der Waals surface area (Å²) in [5.74, 6) is -0.0806. The number of nitrogens with zero attached hydrogens (tertiary/aromatic N) is 1. The molecule has 0 bridgehead atoms. The highest BCUT2D eigenvalue weighted by Crippen LogP contribution is 2.23. The van der Waals surface area contributed by atoms with Crippen molar-refractivity contribution >= 4 is 35.0 Å². The molecule has 0 aromatic heterocycles. The summed E-state index contributed by atoms with van der Waals surface area (Å²) >= 11 is 12.8. The molecule has 0 heterocycles. The van der Waals surface area contributed by atoms with E-state index in [1.54, 1.807) is 17.0 Å². The van der Waals surface area contributed by atoms with Crippen molar-refractivity contribution in [1.82, 2.24) is 10.2 Å². The molecule has 1 unspecified atom stereocenters. The van der Waals surface area contributed by atoms with E-state index in [1.165, 1.54) is 0 Å². The lowest BCUT2D eigenvalue weighted by atomic mass is 10.0. The zero-order chi connectivity index (χ0) is 24.5. The zero-order valence-corrected chi connectivity index (χ0v) is 21.0. The Morgan fingerprint density at radius 2 is 1.38 bits per heavy atom. The van der Waals surface area contributed by atoms with E-state index in [4.69, 9.17) is 23.2 Å². The Balaban J connectivity index is 1.98. The second-order valence-electron chi connectivity index (χ2n) is 8.73. The van der Waals surface area contributed by atoms with Gasteiger partial charge in [-0.25, -0.2) is 0 Å². The quantitative estimate of drug-likeness (QED) is 0.377. The molecule has 3 aromatic carbocycles. The summed E-state index contributed by atoms with van der Waals surface area (Å²) in [5.41, 5.74) is 2.48. The van der Waals surface area contributed by atoms with Gasteiger partial charge in [-0.2, -0.15) is 0 Å². The first kappa shape index (κ1) is 25.8. The van der Waals surface area contributed by atoms with Crippen molar-refractivity contribution in [3.05, 3.63) is 106 Å². The van der Waals surface area contributed by atoms with E-state index in [0.29, 0.717) is 23.0 Å². The number of benzene rings is 3. The highest BCUT2D eigenvalue weighted by molar-refractivity contribution is 6.31. The smallest absolute Gasteiger partial charge is 0.243 e. The van der Waals surface area contributed by atoms with Crippen molar-refractivity contribution in [3.8, 4) is 0 Å². The van der Waals surface area contributed by atoms with Crippen LogP contribution < -0.4 is 5.32 Å². The van der Waals surface area contributed by atoms with Crippen molar-refractivity contribution in [2.24, 2.45) is 5.92 Å². The van der Waals surface area contributed by atoms with Gasteiger partial charge >= 0.3 is 0 Å². The van der Waals surface area contributed by atoms with E-state index < -0.39 is 6.04 Å². The molecule has 0 aliphatic carbocycles. The van der Waals surface area contributed by atoms with Gasteiger partial charge in [-0.05, 0) is 34.7 Å². The molecule has 1 N–H and O–H groups in total. The Morgan fingerprint density at radius 1 is 0.824 bits per heavy atom. The number of amides is 2. The average Bonchev–Trinajstić information content (AvgIpc) is 2.83. The van der Waals surface area contributed by atoms with Crippen LogP contribution >= 0.6 is 23.2 Å². The third-order valence-corrected chi connectivity index (χ3v) is 6.29. The molecule has 0 radical (unpaired) electrons. The second-order valence-corrected chi connectivity index (χ2v) is 9.54. The maximum absolute atomic E-state index is 13.7. The largest absolute Gasteiger partial charge is 0.354 e. The molecular weight excluding hydrogens is 467 g/mol. The minimum absolute atomic E-state index is 0.0902. The molecule has 178 valence electrons. The van der Waals surface area contributed by atoms with Gasteiger partial charge in [0.25, 0.3) is 0 Å². The van der Waals surface area contributed by atoms with E-state index in [1.807, 2.05) is 80.6 Å². The number of nitrogens with one attached hydrogen (secondary N) is 1. The molecule has 0 saturated carbocycles. The van der Waals surface area contributed by atoms with Gasteiger partial charge in [0.2, 0.25) is 11.8 Å². The molecule has 0 spiro atoms. The van der Waals surface area contributed by atoms with Crippen LogP contribution in [0.3, 0.4) is 0 Å². The highest BCUT2D eigenvalue weighted by Gasteiger charge is 2.31. The third kappa shape index (κ3) is 7.34. The predicted octanol–water partition coefficient (Wildman–Crippen LogP) is 5.95. The molecule has 3 rings (SSSR count). The number of carbonyl (C=O) groups is 2. The molecule has 0 fully saturated rings. The number of rotatable bonds is 10. The highest BCUT2D eigenvalue weighted by atomic mass is 35.5. The minimum atomic E-state index is -0.701. The van der Waals surface area contributed by atoms with Gasteiger partial charge in [0.05, 0.1) is 6.42 Å². The molecule has 2 amide bonds. The van der Waals surface area contributed by atoms with Crippen LogP contribution in [0.2, 0.25) is 10.0 Å². The fourth-order valence-corrected chi connectivity index (χ4v) is 4.09. The summed E-state index contributed by atoms with van der Waals surface area (Å²) in [7, 11) is 0. The SMILES string of the molecule is CC(C)CNC(=O)C(Cc1ccccc1)N(Cc1ccccc1Cl)C(=O)Cc1ccccc1Cl. The maximum Gasteiger partial charge on any atom is 0.243 e. The Hall–Kier alpha value is -2.82.